The van der Waals surface area contributed by atoms with E-state index >= 15 is 0 Å². The normalized spacial score (nSPS) is 10.0. The van der Waals surface area contributed by atoms with Gasteiger partial charge in [-0.15, -0.1) is 0 Å². The molecule has 0 atom stereocenters. The summed E-state index contributed by atoms with van der Waals surface area (Å²) in [7, 11) is 0. The number of nitrogens with zero attached hydrogens (tertiary/aromatic N) is 3. The second-order valence-corrected chi connectivity index (χ2v) is 3.73. The van der Waals surface area contributed by atoms with E-state index in [1.165, 1.54) is 12.4 Å². The molecular weight excluding hydrogens is 231 g/mol. The summed E-state index contributed by atoms with van der Waals surface area (Å²) in [4.78, 5) is 7.90. The lowest BCUT2D eigenvalue weighted by Gasteiger charge is -2.05. The zero-order valence-corrected chi connectivity index (χ0v) is 9.60. The number of halogens is 1. The number of benzene rings is 1. The third kappa shape index (κ3) is 3.09. The summed E-state index contributed by atoms with van der Waals surface area (Å²) in [6, 6.07) is 8.14. The highest BCUT2D eigenvalue weighted by Crippen LogP contribution is 2.09. The first kappa shape index (κ1) is 12.1. The molecule has 0 amide bonds. The zero-order chi connectivity index (χ0) is 12.8. The number of hydrogen-bond donors (Lipinski definition) is 1. The summed E-state index contributed by atoms with van der Waals surface area (Å²) in [5.41, 5.74) is 1.81. The molecule has 0 saturated carbocycles. The van der Waals surface area contributed by atoms with E-state index in [0.29, 0.717) is 13.1 Å². The summed E-state index contributed by atoms with van der Waals surface area (Å²) >= 11 is 0. The van der Waals surface area contributed by atoms with Gasteiger partial charge >= 0.3 is 0 Å². The smallest absolute Gasteiger partial charge is 0.140 e. The Labute approximate surface area is 104 Å². The van der Waals surface area contributed by atoms with Crippen LogP contribution in [0.4, 0.5) is 4.39 Å². The molecule has 0 saturated heterocycles. The highest BCUT2D eigenvalue weighted by molar-refractivity contribution is 5.34. The van der Waals surface area contributed by atoms with Gasteiger partial charge in [0.25, 0.3) is 0 Å². The van der Waals surface area contributed by atoms with E-state index in [-0.39, 0.29) is 5.56 Å². The lowest BCUT2D eigenvalue weighted by Crippen LogP contribution is -2.13. The topological polar surface area (TPSA) is 61.6 Å². The maximum Gasteiger partial charge on any atom is 0.140 e. The standard InChI is InChI=1S/C13H11FN4/c14-13-2-1-10(5-11(13)6-15)7-17-8-12-3-4-16-9-18-12/h1-5,9,17H,7-8H2. The van der Waals surface area contributed by atoms with Crippen molar-refractivity contribution in [1.29, 1.82) is 5.26 Å². The van der Waals surface area contributed by atoms with Gasteiger partial charge in [0.2, 0.25) is 0 Å². The number of rotatable bonds is 4. The summed E-state index contributed by atoms with van der Waals surface area (Å²) in [6.45, 7) is 1.15. The second kappa shape index (κ2) is 5.84. The summed E-state index contributed by atoms with van der Waals surface area (Å²) in [5.74, 6) is -0.489. The predicted molar refractivity (Wildman–Crippen MR) is 63.7 cm³/mol. The van der Waals surface area contributed by atoms with Crippen molar-refractivity contribution >= 4 is 0 Å². The molecule has 90 valence electrons. The lowest BCUT2D eigenvalue weighted by atomic mass is 10.1. The molecular formula is C13H11FN4. The van der Waals surface area contributed by atoms with Gasteiger partial charge in [-0.25, -0.2) is 14.4 Å². The summed E-state index contributed by atoms with van der Waals surface area (Å²) in [6.07, 6.45) is 3.17. The molecule has 0 aliphatic rings. The minimum atomic E-state index is -0.489. The van der Waals surface area contributed by atoms with Gasteiger partial charge in [0.1, 0.15) is 18.2 Å². The van der Waals surface area contributed by atoms with Gasteiger partial charge in [0, 0.05) is 19.3 Å². The molecule has 0 radical (unpaired) electrons. The molecule has 5 heteroatoms. The molecule has 4 nitrogen and oxygen atoms in total. The minimum absolute atomic E-state index is 0.0661. The van der Waals surface area contributed by atoms with E-state index in [9.17, 15) is 4.39 Å². The Bertz CT molecular complexity index is 563. The minimum Gasteiger partial charge on any atom is -0.307 e. The van der Waals surface area contributed by atoms with Gasteiger partial charge in [-0.05, 0) is 23.8 Å². The number of nitrogens with one attached hydrogen (secondary N) is 1. The third-order valence-corrected chi connectivity index (χ3v) is 2.43. The van der Waals surface area contributed by atoms with E-state index in [2.05, 4.69) is 15.3 Å². The van der Waals surface area contributed by atoms with E-state index in [1.807, 2.05) is 12.1 Å². The van der Waals surface area contributed by atoms with Crippen molar-refractivity contribution in [2.24, 2.45) is 0 Å². The fourth-order valence-electron chi connectivity index (χ4n) is 1.53. The predicted octanol–water partition coefficient (Wildman–Crippen LogP) is 1.78. The van der Waals surface area contributed by atoms with Gasteiger partial charge in [-0.3, -0.25) is 0 Å². The van der Waals surface area contributed by atoms with Crippen LogP contribution >= 0.6 is 0 Å². The Morgan fingerprint density at radius 2 is 2.17 bits per heavy atom. The molecule has 2 aromatic rings. The molecule has 1 heterocycles. The van der Waals surface area contributed by atoms with Crippen molar-refractivity contribution in [3.05, 3.63) is 59.4 Å². The first-order valence-electron chi connectivity index (χ1n) is 5.44. The van der Waals surface area contributed by atoms with Crippen LogP contribution in [0.3, 0.4) is 0 Å². The van der Waals surface area contributed by atoms with E-state index in [4.69, 9.17) is 5.26 Å². The Kier molecular flexibility index (Phi) is 3.94. The van der Waals surface area contributed by atoms with Gasteiger partial charge in [0.15, 0.2) is 0 Å². The third-order valence-electron chi connectivity index (χ3n) is 2.43. The number of nitriles is 1. The number of aromatic nitrogens is 2. The molecule has 1 aromatic heterocycles. The monoisotopic (exact) mass is 242 g/mol. The van der Waals surface area contributed by atoms with Gasteiger partial charge in [-0.1, -0.05) is 6.07 Å². The van der Waals surface area contributed by atoms with E-state index < -0.39 is 5.82 Å². The van der Waals surface area contributed by atoms with Crippen molar-refractivity contribution in [3.8, 4) is 6.07 Å². The van der Waals surface area contributed by atoms with Gasteiger partial charge < -0.3 is 5.32 Å². The Hall–Kier alpha value is -2.32. The summed E-state index contributed by atoms with van der Waals surface area (Å²) in [5, 5.41) is 11.9. The van der Waals surface area contributed by atoms with Crippen molar-refractivity contribution < 1.29 is 4.39 Å². The van der Waals surface area contributed by atoms with Crippen LogP contribution in [-0.4, -0.2) is 9.97 Å². The fraction of sp³-hybridized carbons (Fsp3) is 0.154. The quantitative estimate of drug-likeness (QED) is 0.887. The van der Waals surface area contributed by atoms with Crippen LogP contribution in [0, 0.1) is 17.1 Å². The zero-order valence-electron chi connectivity index (χ0n) is 9.60. The Balaban J connectivity index is 1.93. The van der Waals surface area contributed by atoms with Crippen molar-refractivity contribution in [1.82, 2.24) is 15.3 Å². The van der Waals surface area contributed by atoms with Crippen LogP contribution in [0.15, 0.2) is 36.8 Å². The van der Waals surface area contributed by atoms with Gasteiger partial charge in [-0.2, -0.15) is 5.26 Å². The lowest BCUT2D eigenvalue weighted by molar-refractivity contribution is 0.620. The first-order valence-corrected chi connectivity index (χ1v) is 5.44. The van der Waals surface area contributed by atoms with Crippen molar-refractivity contribution in [3.63, 3.8) is 0 Å². The molecule has 1 N–H and O–H groups in total. The van der Waals surface area contributed by atoms with Crippen LogP contribution in [0.25, 0.3) is 0 Å². The van der Waals surface area contributed by atoms with E-state index in [1.54, 1.807) is 18.3 Å². The number of hydrogen-bond acceptors (Lipinski definition) is 4. The van der Waals surface area contributed by atoms with Crippen LogP contribution in [0.1, 0.15) is 16.8 Å². The van der Waals surface area contributed by atoms with Crippen LogP contribution in [0.2, 0.25) is 0 Å². The molecule has 18 heavy (non-hydrogen) atoms. The molecule has 0 bridgehead atoms. The molecule has 2 rings (SSSR count). The highest BCUT2D eigenvalue weighted by Gasteiger charge is 2.02. The molecule has 0 spiro atoms. The van der Waals surface area contributed by atoms with Gasteiger partial charge in [0.05, 0.1) is 11.3 Å². The molecule has 0 aliphatic heterocycles. The van der Waals surface area contributed by atoms with Crippen LogP contribution in [-0.2, 0) is 13.1 Å². The second-order valence-electron chi connectivity index (χ2n) is 3.73. The SMILES string of the molecule is N#Cc1cc(CNCc2ccncn2)ccc1F. The molecule has 1 aromatic carbocycles. The van der Waals surface area contributed by atoms with Crippen LogP contribution in [0.5, 0.6) is 0 Å². The fourth-order valence-corrected chi connectivity index (χ4v) is 1.53. The molecule has 0 aliphatic carbocycles. The van der Waals surface area contributed by atoms with Crippen molar-refractivity contribution in [2.75, 3.05) is 0 Å². The largest absolute Gasteiger partial charge is 0.307 e. The average molecular weight is 242 g/mol. The maximum absolute atomic E-state index is 13.1. The molecule has 0 fully saturated rings. The van der Waals surface area contributed by atoms with E-state index in [0.717, 1.165) is 11.3 Å². The Morgan fingerprint density at radius 1 is 1.28 bits per heavy atom. The summed E-state index contributed by atoms with van der Waals surface area (Å²) < 4.78 is 13.1. The van der Waals surface area contributed by atoms with Crippen LogP contribution < -0.4 is 5.32 Å². The maximum atomic E-state index is 13.1. The first-order chi connectivity index (χ1) is 8.79. The Morgan fingerprint density at radius 3 is 2.89 bits per heavy atom. The highest BCUT2D eigenvalue weighted by atomic mass is 19.1. The molecule has 0 unspecified atom stereocenters. The van der Waals surface area contributed by atoms with Crippen molar-refractivity contribution in [2.45, 2.75) is 13.1 Å². The average Bonchev–Trinajstić information content (AvgIpc) is 2.42.